The lowest BCUT2D eigenvalue weighted by Gasteiger charge is -2.37. The minimum Gasteiger partial charge on any atom is -0.377 e. The summed E-state index contributed by atoms with van der Waals surface area (Å²) in [4.78, 5) is 5.00. The van der Waals surface area contributed by atoms with E-state index in [1.54, 1.807) is 11.3 Å². The third-order valence-electron chi connectivity index (χ3n) is 3.83. The summed E-state index contributed by atoms with van der Waals surface area (Å²) in [6, 6.07) is 0.584. The van der Waals surface area contributed by atoms with Crippen LogP contribution in [0.4, 0.5) is 11.4 Å². The van der Waals surface area contributed by atoms with E-state index in [-0.39, 0.29) is 0 Å². The smallest absolute Gasteiger partial charge is 0.0709 e. The van der Waals surface area contributed by atoms with Gasteiger partial charge in [-0.2, -0.15) is 0 Å². The Labute approximate surface area is 107 Å². The number of rotatable bonds is 2. The third-order valence-corrected chi connectivity index (χ3v) is 4.57. The zero-order chi connectivity index (χ0) is 11.7. The maximum Gasteiger partial charge on any atom is 0.0709 e. The van der Waals surface area contributed by atoms with Crippen LogP contribution < -0.4 is 10.2 Å². The Bertz CT molecular complexity index is 370. The summed E-state index contributed by atoms with van der Waals surface area (Å²) < 4.78 is 0. The zero-order valence-corrected chi connectivity index (χ0v) is 11.3. The Morgan fingerprint density at radius 3 is 2.94 bits per heavy atom. The van der Waals surface area contributed by atoms with Crippen LogP contribution in [0.1, 0.15) is 19.3 Å². The second-order valence-corrected chi connectivity index (χ2v) is 6.00. The van der Waals surface area contributed by atoms with Crippen molar-refractivity contribution < 1.29 is 0 Å². The summed E-state index contributed by atoms with van der Waals surface area (Å²) >= 11 is 1.79. The quantitative estimate of drug-likeness (QED) is 0.871. The molecule has 3 nitrogen and oxygen atoms in total. The molecule has 1 aromatic heterocycles. The van der Waals surface area contributed by atoms with Crippen LogP contribution in [-0.4, -0.2) is 44.2 Å². The first kappa shape index (κ1) is 11.4. The largest absolute Gasteiger partial charge is 0.377 e. The standard InChI is InChI=1S/C13H21N3S/c1-15-7-11(8-16-5-3-2-4-6-16)14-12-9-17-10-13(12)15/h9-11,14H,2-8H2,1H3. The third kappa shape index (κ3) is 2.43. The number of likely N-dealkylation sites (N-methyl/N-ethyl adjacent to an activating group) is 1. The molecule has 0 spiro atoms. The Morgan fingerprint density at radius 1 is 1.29 bits per heavy atom. The lowest BCUT2D eigenvalue weighted by atomic mass is 10.1. The number of hydrogen-bond acceptors (Lipinski definition) is 4. The van der Waals surface area contributed by atoms with Crippen molar-refractivity contribution in [2.24, 2.45) is 0 Å². The van der Waals surface area contributed by atoms with Gasteiger partial charge in [0.25, 0.3) is 0 Å². The number of likely N-dealkylation sites (tertiary alicyclic amines) is 1. The highest BCUT2D eigenvalue weighted by Crippen LogP contribution is 2.33. The van der Waals surface area contributed by atoms with Crippen molar-refractivity contribution in [2.75, 3.05) is 43.4 Å². The Hall–Kier alpha value is -0.740. The minimum atomic E-state index is 0.584. The Kier molecular flexibility index (Phi) is 3.25. The predicted octanol–water partition coefficient (Wildman–Crippen LogP) is 2.46. The number of anilines is 2. The second kappa shape index (κ2) is 4.86. The SMILES string of the molecule is CN1CC(CN2CCCCC2)Nc2cscc21. The van der Waals surface area contributed by atoms with Crippen molar-refractivity contribution in [3.05, 3.63) is 10.8 Å². The molecule has 1 atom stereocenters. The van der Waals surface area contributed by atoms with Crippen molar-refractivity contribution in [3.63, 3.8) is 0 Å². The molecule has 0 saturated carbocycles. The summed E-state index contributed by atoms with van der Waals surface area (Å²) in [7, 11) is 2.20. The topological polar surface area (TPSA) is 18.5 Å². The fourth-order valence-corrected chi connectivity index (χ4v) is 3.77. The molecule has 0 aromatic carbocycles. The van der Waals surface area contributed by atoms with E-state index >= 15 is 0 Å². The molecule has 1 aromatic rings. The van der Waals surface area contributed by atoms with Gasteiger partial charge >= 0.3 is 0 Å². The van der Waals surface area contributed by atoms with E-state index in [1.807, 2.05) is 0 Å². The number of piperidine rings is 1. The van der Waals surface area contributed by atoms with Crippen molar-refractivity contribution >= 4 is 22.7 Å². The molecule has 0 radical (unpaired) electrons. The molecule has 3 rings (SSSR count). The van der Waals surface area contributed by atoms with Gasteiger partial charge in [-0.05, 0) is 25.9 Å². The monoisotopic (exact) mass is 251 g/mol. The van der Waals surface area contributed by atoms with Gasteiger partial charge in [-0.1, -0.05) is 6.42 Å². The molecule has 94 valence electrons. The van der Waals surface area contributed by atoms with Crippen LogP contribution in [-0.2, 0) is 0 Å². The van der Waals surface area contributed by atoms with Crippen LogP contribution in [0.2, 0.25) is 0 Å². The summed E-state index contributed by atoms with van der Waals surface area (Å²) in [5, 5.41) is 8.15. The van der Waals surface area contributed by atoms with Gasteiger partial charge in [-0.15, -0.1) is 11.3 Å². The molecule has 1 N–H and O–H groups in total. The predicted molar refractivity (Wildman–Crippen MR) is 75.3 cm³/mol. The van der Waals surface area contributed by atoms with E-state index in [0.29, 0.717) is 6.04 Å². The van der Waals surface area contributed by atoms with Crippen molar-refractivity contribution in [1.29, 1.82) is 0 Å². The first-order valence-corrected chi connectivity index (χ1v) is 7.53. The van der Waals surface area contributed by atoms with Gasteiger partial charge in [0.2, 0.25) is 0 Å². The number of nitrogens with zero attached hydrogens (tertiary/aromatic N) is 2. The first-order valence-electron chi connectivity index (χ1n) is 6.59. The van der Waals surface area contributed by atoms with Crippen LogP contribution in [0.25, 0.3) is 0 Å². The van der Waals surface area contributed by atoms with Crippen LogP contribution in [0.15, 0.2) is 10.8 Å². The van der Waals surface area contributed by atoms with Crippen LogP contribution in [0, 0.1) is 0 Å². The summed E-state index contributed by atoms with van der Waals surface area (Å²) in [5.41, 5.74) is 2.69. The summed E-state index contributed by atoms with van der Waals surface area (Å²) in [6.07, 6.45) is 4.18. The van der Waals surface area contributed by atoms with E-state index in [1.165, 1.54) is 50.3 Å². The normalized spacial score (nSPS) is 25.5. The number of nitrogens with one attached hydrogen (secondary N) is 1. The number of thiophene rings is 1. The average Bonchev–Trinajstić information content (AvgIpc) is 2.79. The molecular formula is C13H21N3S. The van der Waals surface area contributed by atoms with Gasteiger partial charge in [0.15, 0.2) is 0 Å². The second-order valence-electron chi connectivity index (χ2n) is 5.25. The molecule has 1 saturated heterocycles. The van der Waals surface area contributed by atoms with Gasteiger partial charge in [-0.25, -0.2) is 0 Å². The molecular weight excluding hydrogens is 230 g/mol. The molecule has 2 aliphatic rings. The highest BCUT2D eigenvalue weighted by Gasteiger charge is 2.24. The zero-order valence-electron chi connectivity index (χ0n) is 10.5. The number of fused-ring (bicyclic) bond motifs is 1. The maximum atomic E-state index is 3.68. The maximum absolute atomic E-state index is 3.68. The Morgan fingerprint density at radius 2 is 2.12 bits per heavy atom. The molecule has 0 amide bonds. The highest BCUT2D eigenvalue weighted by atomic mass is 32.1. The average molecular weight is 251 g/mol. The molecule has 0 bridgehead atoms. The van der Waals surface area contributed by atoms with Gasteiger partial charge in [-0.3, -0.25) is 0 Å². The summed E-state index contributed by atoms with van der Waals surface area (Å²) in [5.74, 6) is 0. The van der Waals surface area contributed by atoms with Gasteiger partial charge < -0.3 is 15.1 Å². The molecule has 4 heteroatoms. The summed E-state index contributed by atoms with van der Waals surface area (Å²) in [6.45, 7) is 4.90. The lowest BCUT2D eigenvalue weighted by Crippen LogP contribution is -2.47. The van der Waals surface area contributed by atoms with Crippen LogP contribution in [0.3, 0.4) is 0 Å². The van der Waals surface area contributed by atoms with E-state index < -0.39 is 0 Å². The van der Waals surface area contributed by atoms with E-state index in [2.05, 4.69) is 32.9 Å². The van der Waals surface area contributed by atoms with Gasteiger partial charge in [0.05, 0.1) is 17.4 Å². The first-order chi connectivity index (χ1) is 8.33. The van der Waals surface area contributed by atoms with Crippen molar-refractivity contribution in [3.8, 4) is 0 Å². The molecule has 17 heavy (non-hydrogen) atoms. The van der Waals surface area contributed by atoms with Crippen LogP contribution >= 0.6 is 11.3 Å². The fraction of sp³-hybridized carbons (Fsp3) is 0.692. The van der Waals surface area contributed by atoms with Crippen LogP contribution in [0.5, 0.6) is 0 Å². The van der Waals surface area contributed by atoms with E-state index in [9.17, 15) is 0 Å². The number of hydrogen-bond donors (Lipinski definition) is 1. The molecule has 0 aliphatic carbocycles. The molecule has 3 heterocycles. The van der Waals surface area contributed by atoms with E-state index in [4.69, 9.17) is 0 Å². The highest BCUT2D eigenvalue weighted by molar-refractivity contribution is 7.09. The van der Waals surface area contributed by atoms with Gasteiger partial charge in [0.1, 0.15) is 0 Å². The minimum absolute atomic E-state index is 0.584. The fourth-order valence-electron chi connectivity index (χ4n) is 2.95. The van der Waals surface area contributed by atoms with Crippen molar-refractivity contribution in [2.45, 2.75) is 25.3 Å². The molecule has 1 unspecified atom stereocenters. The van der Waals surface area contributed by atoms with E-state index in [0.717, 1.165) is 6.54 Å². The molecule has 1 fully saturated rings. The van der Waals surface area contributed by atoms with Gasteiger partial charge in [0, 0.05) is 30.9 Å². The Balaban J connectivity index is 1.62. The lowest BCUT2D eigenvalue weighted by molar-refractivity contribution is 0.220. The van der Waals surface area contributed by atoms with Crippen molar-refractivity contribution in [1.82, 2.24) is 4.90 Å². The molecule has 2 aliphatic heterocycles.